The van der Waals surface area contributed by atoms with E-state index in [0.717, 1.165) is 5.56 Å². The van der Waals surface area contributed by atoms with E-state index in [0.29, 0.717) is 22.7 Å². The largest absolute Gasteiger partial charge is 0.345 e. The predicted molar refractivity (Wildman–Crippen MR) is 107 cm³/mol. The molecule has 1 heterocycles. The van der Waals surface area contributed by atoms with E-state index in [9.17, 15) is 9.59 Å². The minimum atomic E-state index is -0.114. The molecule has 1 saturated carbocycles. The fraction of sp³-hybridized carbons (Fsp3) is 0.429. The molecule has 2 aromatic rings. The summed E-state index contributed by atoms with van der Waals surface area (Å²) in [6.07, 6.45) is 6.37. The minimum Gasteiger partial charge on any atom is -0.345 e. The number of hydrogen-bond acceptors (Lipinski definition) is 3. The summed E-state index contributed by atoms with van der Waals surface area (Å²) in [6, 6.07) is 7.50. The van der Waals surface area contributed by atoms with Gasteiger partial charge in [-0.2, -0.15) is 0 Å². The Morgan fingerprint density at radius 1 is 1.04 bits per heavy atom. The zero-order valence-electron chi connectivity index (χ0n) is 15.7. The van der Waals surface area contributed by atoms with Crippen LogP contribution in [0.3, 0.4) is 0 Å². The maximum absolute atomic E-state index is 12.6. The average Bonchev–Trinajstić information content (AvgIpc) is 3.11. The fourth-order valence-electron chi connectivity index (χ4n) is 3.51. The molecule has 1 fully saturated rings. The lowest BCUT2D eigenvalue weighted by atomic mass is 9.88. The van der Waals surface area contributed by atoms with Crippen molar-refractivity contribution in [2.45, 2.75) is 44.9 Å². The highest BCUT2D eigenvalue weighted by Gasteiger charge is 2.19. The van der Waals surface area contributed by atoms with Crippen molar-refractivity contribution in [3.63, 3.8) is 0 Å². The normalized spacial score (nSPS) is 14.9. The number of aryl methyl sites for hydroxylation is 1. The van der Waals surface area contributed by atoms with Crippen molar-refractivity contribution in [1.29, 1.82) is 0 Å². The third-order valence-corrected chi connectivity index (χ3v) is 5.97. The maximum Gasteiger partial charge on any atom is 0.256 e. The smallest absolute Gasteiger partial charge is 0.256 e. The van der Waals surface area contributed by atoms with Gasteiger partial charge < -0.3 is 10.2 Å². The summed E-state index contributed by atoms with van der Waals surface area (Å²) in [7, 11) is 3.45. The third-order valence-electron chi connectivity index (χ3n) is 4.88. The topological polar surface area (TPSA) is 49.4 Å². The lowest BCUT2D eigenvalue weighted by Gasteiger charge is -2.19. The summed E-state index contributed by atoms with van der Waals surface area (Å²) in [5.41, 5.74) is 2.89. The van der Waals surface area contributed by atoms with E-state index in [1.165, 1.54) is 41.9 Å². The molecule has 138 valence electrons. The molecule has 0 bridgehead atoms. The van der Waals surface area contributed by atoms with Crippen LogP contribution in [0.1, 0.15) is 69.2 Å². The van der Waals surface area contributed by atoms with Gasteiger partial charge in [-0.15, -0.1) is 11.3 Å². The standard InChI is InChI=1S/C21H26N2O2S/c1-14-9-16(21(25)23(2)3)11-18(10-14)22-20(24)17-12-19(26-13-17)15-7-5-4-6-8-15/h9-13,15H,4-8H2,1-3H3,(H,22,24). The van der Waals surface area contributed by atoms with Gasteiger partial charge in [0.15, 0.2) is 0 Å². The molecule has 0 radical (unpaired) electrons. The van der Waals surface area contributed by atoms with Crippen LogP contribution in [-0.4, -0.2) is 30.8 Å². The van der Waals surface area contributed by atoms with Gasteiger partial charge >= 0.3 is 0 Å². The molecule has 1 aliphatic carbocycles. The number of carbonyl (C=O) groups excluding carboxylic acids is 2. The number of thiophene rings is 1. The number of amides is 2. The first-order chi connectivity index (χ1) is 12.4. The summed E-state index contributed by atoms with van der Waals surface area (Å²) >= 11 is 1.69. The SMILES string of the molecule is Cc1cc(NC(=O)c2csc(C3CCCCC3)c2)cc(C(=O)N(C)C)c1. The van der Waals surface area contributed by atoms with Crippen molar-refractivity contribution in [1.82, 2.24) is 4.90 Å². The predicted octanol–water partition coefficient (Wildman–Crippen LogP) is 5.06. The Hall–Kier alpha value is -2.14. The second-order valence-corrected chi connectivity index (χ2v) is 8.26. The van der Waals surface area contributed by atoms with Gasteiger partial charge in [0.25, 0.3) is 11.8 Å². The summed E-state index contributed by atoms with van der Waals surface area (Å²) in [4.78, 5) is 27.7. The van der Waals surface area contributed by atoms with E-state index in [-0.39, 0.29) is 11.8 Å². The molecule has 1 aliphatic rings. The molecule has 3 rings (SSSR count). The van der Waals surface area contributed by atoms with Crippen LogP contribution in [0.5, 0.6) is 0 Å². The van der Waals surface area contributed by atoms with Gasteiger partial charge in [0.1, 0.15) is 0 Å². The first kappa shape index (κ1) is 18.6. The fourth-order valence-corrected chi connectivity index (χ4v) is 4.57. The van der Waals surface area contributed by atoms with Crippen LogP contribution < -0.4 is 5.32 Å². The van der Waals surface area contributed by atoms with Crippen LogP contribution in [0.4, 0.5) is 5.69 Å². The van der Waals surface area contributed by atoms with E-state index in [2.05, 4.69) is 5.32 Å². The van der Waals surface area contributed by atoms with Crippen LogP contribution >= 0.6 is 11.3 Å². The lowest BCUT2D eigenvalue weighted by molar-refractivity contribution is 0.0827. The Kier molecular flexibility index (Phi) is 5.77. The van der Waals surface area contributed by atoms with Gasteiger partial charge in [-0.05, 0) is 55.5 Å². The molecule has 1 aromatic carbocycles. The van der Waals surface area contributed by atoms with Crippen molar-refractivity contribution in [2.75, 3.05) is 19.4 Å². The minimum absolute atomic E-state index is 0.0701. The van der Waals surface area contributed by atoms with E-state index < -0.39 is 0 Å². The molecule has 0 unspecified atom stereocenters. The number of carbonyl (C=O) groups is 2. The van der Waals surface area contributed by atoms with Gasteiger partial charge in [-0.3, -0.25) is 9.59 Å². The molecule has 0 aliphatic heterocycles. The Bertz CT molecular complexity index is 804. The first-order valence-electron chi connectivity index (χ1n) is 9.17. The van der Waals surface area contributed by atoms with E-state index >= 15 is 0 Å². The summed E-state index contributed by atoms with van der Waals surface area (Å²) < 4.78 is 0. The van der Waals surface area contributed by atoms with E-state index in [1.807, 2.05) is 30.5 Å². The molecule has 1 N–H and O–H groups in total. The van der Waals surface area contributed by atoms with Crippen LogP contribution in [0.25, 0.3) is 0 Å². The van der Waals surface area contributed by atoms with E-state index in [1.54, 1.807) is 31.5 Å². The average molecular weight is 371 g/mol. The van der Waals surface area contributed by atoms with Crippen LogP contribution in [-0.2, 0) is 0 Å². The van der Waals surface area contributed by atoms with Gasteiger partial charge in [0.2, 0.25) is 0 Å². The van der Waals surface area contributed by atoms with Gasteiger partial charge in [-0.25, -0.2) is 0 Å². The van der Waals surface area contributed by atoms with Crippen LogP contribution in [0.2, 0.25) is 0 Å². The molecule has 26 heavy (non-hydrogen) atoms. The number of hydrogen-bond donors (Lipinski definition) is 1. The molecule has 0 atom stereocenters. The summed E-state index contributed by atoms with van der Waals surface area (Å²) in [5.74, 6) is 0.426. The Morgan fingerprint density at radius 2 is 1.77 bits per heavy atom. The second-order valence-electron chi connectivity index (χ2n) is 7.31. The number of rotatable bonds is 4. The molecule has 2 amide bonds. The number of anilines is 1. The molecular formula is C21H26N2O2S. The van der Waals surface area contributed by atoms with Crippen molar-refractivity contribution in [2.24, 2.45) is 0 Å². The van der Waals surface area contributed by atoms with Gasteiger partial charge in [-0.1, -0.05) is 19.3 Å². The van der Waals surface area contributed by atoms with Crippen molar-refractivity contribution < 1.29 is 9.59 Å². The van der Waals surface area contributed by atoms with Crippen molar-refractivity contribution in [3.05, 3.63) is 51.2 Å². The molecular weight excluding hydrogens is 344 g/mol. The Labute approximate surface area is 159 Å². The summed E-state index contributed by atoms with van der Waals surface area (Å²) in [5, 5.41) is 4.89. The number of nitrogens with zero attached hydrogens (tertiary/aromatic N) is 1. The molecule has 5 heteroatoms. The number of nitrogens with one attached hydrogen (secondary N) is 1. The third kappa shape index (κ3) is 4.33. The van der Waals surface area contributed by atoms with Crippen LogP contribution in [0, 0.1) is 6.92 Å². The van der Waals surface area contributed by atoms with Gasteiger partial charge in [0.05, 0.1) is 5.56 Å². The molecule has 0 saturated heterocycles. The Balaban J connectivity index is 1.74. The highest BCUT2D eigenvalue weighted by molar-refractivity contribution is 7.10. The van der Waals surface area contributed by atoms with Crippen molar-refractivity contribution in [3.8, 4) is 0 Å². The number of benzene rings is 1. The lowest BCUT2D eigenvalue weighted by Crippen LogP contribution is -2.22. The molecule has 4 nitrogen and oxygen atoms in total. The highest BCUT2D eigenvalue weighted by atomic mass is 32.1. The maximum atomic E-state index is 12.6. The van der Waals surface area contributed by atoms with Crippen molar-refractivity contribution >= 4 is 28.8 Å². The summed E-state index contributed by atoms with van der Waals surface area (Å²) in [6.45, 7) is 1.92. The van der Waals surface area contributed by atoms with Gasteiger partial charge in [0, 0.05) is 35.6 Å². The monoisotopic (exact) mass is 370 g/mol. The highest BCUT2D eigenvalue weighted by Crippen LogP contribution is 2.36. The quantitative estimate of drug-likeness (QED) is 0.818. The zero-order chi connectivity index (χ0) is 18.7. The van der Waals surface area contributed by atoms with Crippen LogP contribution in [0.15, 0.2) is 29.6 Å². The Morgan fingerprint density at radius 3 is 2.46 bits per heavy atom. The molecule has 1 aromatic heterocycles. The molecule has 0 spiro atoms. The zero-order valence-corrected chi connectivity index (χ0v) is 16.5. The second kappa shape index (κ2) is 8.04. The van der Waals surface area contributed by atoms with E-state index in [4.69, 9.17) is 0 Å². The first-order valence-corrected chi connectivity index (χ1v) is 10.0.